The largest absolute Gasteiger partial charge is 0.354 e. The van der Waals surface area contributed by atoms with Crippen LogP contribution in [0.2, 0.25) is 0 Å². The molecule has 90 valence electrons. The number of aromatic nitrogens is 1. The van der Waals surface area contributed by atoms with E-state index in [-0.39, 0.29) is 6.04 Å². The van der Waals surface area contributed by atoms with Crippen molar-refractivity contribution >= 4 is 5.82 Å². The number of aryl methyl sites for hydroxylation is 1. The Labute approximate surface area is 102 Å². The van der Waals surface area contributed by atoms with Crippen LogP contribution in [0.3, 0.4) is 0 Å². The first-order valence-corrected chi connectivity index (χ1v) is 5.98. The summed E-state index contributed by atoms with van der Waals surface area (Å²) in [6.45, 7) is 5.85. The van der Waals surface area contributed by atoms with Gasteiger partial charge in [0.05, 0.1) is 5.56 Å². The minimum atomic E-state index is 0.174. The highest BCUT2D eigenvalue weighted by atomic mass is 15.2. The van der Waals surface area contributed by atoms with Crippen molar-refractivity contribution in [2.24, 2.45) is 11.7 Å². The average molecular weight is 230 g/mol. The fourth-order valence-corrected chi connectivity index (χ4v) is 2.49. The van der Waals surface area contributed by atoms with Gasteiger partial charge in [-0.05, 0) is 30.9 Å². The molecule has 2 atom stereocenters. The van der Waals surface area contributed by atoms with Crippen molar-refractivity contribution < 1.29 is 0 Å². The number of piperidine rings is 1. The number of nitrogens with two attached hydrogens (primary N) is 1. The Bertz CT molecular complexity index is 439. The van der Waals surface area contributed by atoms with Crippen LogP contribution in [-0.2, 0) is 0 Å². The third kappa shape index (κ3) is 2.40. The van der Waals surface area contributed by atoms with Gasteiger partial charge < -0.3 is 10.6 Å². The van der Waals surface area contributed by atoms with Crippen molar-refractivity contribution in [3.63, 3.8) is 0 Å². The summed E-state index contributed by atoms with van der Waals surface area (Å²) in [5.41, 5.74) is 7.68. The van der Waals surface area contributed by atoms with E-state index in [4.69, 9.17) is 5.73 Å². The zero-order valence-corrected chi connectivity index (χ0v) is 10.3. The smallest absolute Gasteiger partial charge is 0.146 e. The Kier molecular flexibility index (Phi) is 3.30. The predicted molar refractivity (Wildman–Crippen MR) is 67.7 cm³/mol. The molecule has 0 saturated carbocycles. The summed E-state index contributed by atoms with van der Waals surface area (Å²) in [4.78, 5) is 6.49. The quantitative estimate of drug-likeness (QED) is 0.792. The summed E-state index contributed by atoms with van der Waals surface area (Å²) in [6.07, 6.45) is 2.81. The second-order valence-electron chi connectivity index (χ2n) is 4.94. The van der Waals surface area contributed by atoms with E-state index in [0.29, 0.717) is 11.5 Å². The van der Waals surface area contributed by atoms with Crippen molar-refractivity contribution in [3.8, 4) is 6.07 Å². The van der Waals surface area contributed by atoms with Crippen LogP contribution in [-0.4, -0.2) is 24.1 Å². The number of hydrogen-bond acceptors (Lipinski definition) is 4. The van der Waals surface area contributed by atoms with Crippen LogP contribution in [0.4, 0.5) is 5.82 Å². The van der Waals surface area contributed by atoms with Crippen LogP contribution in [0.25, 0.3) is 0 Å². The summed E-state index contributed by atoms with van der Waals surface area (Å²) < 4.78 is 0. The number of anilines is 1. The van der Waals surface area contributed by atoms with E-state index in [1.807, 2.05) is 13.0 Å². The average Bonchev–Trinajstić information content (AvgIpc) is 2.27. The van der Waals surface area contributed by atoms with Crippen LogP contribution in [0.5, 0.6) is 0 Å². The molecule has 1 aliphatic rings. The molecular weight excluding hydrogens is 212 g/mol. The highest BCUT2D eigenvalue weighted by Crippen LogP contribution is 2.25. The van der Waals surface area contributed by atoms with Gasteiger partial charge in [-0.1, -0.05) is 6.92 Å². The highest BCUT2D eigenvalue weighted by Gasteiger charge is 2.25. The fourth-order valence-electron chi connectivity index (χ4n) is 2.49. The molecular formula is C13H18N4. The van der Waals surface area contributed by atoms with Crippen LogP contribution in [0, 0.1) is 24.2 Å². The first-order valence-electron chi connectivity index (χ1n) is 5.98. The zero-order valence-electron chi connectivity index (χ0n) is 10.3. The topological polar surface area (TPSA) is 65.9 Å². The first-order chi connectivity index (χ1) is 8.11. The first kappa shape index (κ1) is 11.9. The lowest BCUT2D eigenvalue weighted by Gasteiger charge is -2.36. The Morgan fingerprint density at radius 3 is 2.94 bits per heavy atom. The van der Waals surface area contributed by atoms with Gasteiger partial charge in [0.2, 0.25) is 0 Å². The molecule has 4 nitrogen and oxygen atoms in total. The Morgan fingerprint density at radius 2 is 2.29 bits per heavy atom. The van der Waals surface area contributed by atoms with E-state index in [2.05, 4.69) is 22.9 Å². The maximum atomic E-state index is 9.21. The molecule has 2 unspecified atom stereocenters. The van der Waals surface area contributed by atoms with Crippen LogP contribution in [0.1, 0.15) is 24.5 Å². The van der Waals surface area contributed by atoms with Gasteiger partial charge in [-0.3, -0.25) is 0 Å². The summed E-state index contributed by atoms with van der Waals surface area (Å²) in [7, 11) is 0. The monoisotopic (exact) mass is 230 g/mol. The van der Waals surface area contributed by atoms with Gasteiger partial charge in [-0.15, -0.1) is 0 Å². The van der Waals surface area contributed by atoms with Gasteiger partial charge in [0, 0.05) is 25.3 Å². The molecule has 1 aromatic heterocycles. The lowest BCUT2D eigenvalue weighted by Crippen LogP contribution is -2.47. The SMILES string of the molecule is Cc1ccnc(N2CC(C)CC(N)C2)c1C#N. The molecule has 0 aliphatic carbocycles. The number of nitriles is 1. The molecule has 1 aliphatic heterocycles. The zero-order chi connectivity index (χ0) is 12.4. The molecule has 0 bridgehead atoms. The van der Waals surface area contributed by atoms with Crippen molar-refractivity contribution in [1.82, 2.24) is 4.98 Å². The lowest BCUT2D eigenvalue weighted by atomic mass is 9.96. The van der Waals surface area contributed by atoms with E-state index < -0.39 is 0 Å². The van der Waals surface area contributed by atoms with Crippen molar-refractivity contribution in [2.45, 2.75) is 26.3 Å². The van der Waals surface area contributed by atoms with Crippen LogP contribution in [0.15, 0.2) is 12.3 Å². The lowest BCUT2D eigenvalue weighted by molar-refractivity contribution is 0.399. The van der Waals surface area contributed by atoms with E-state index in [0.717, 1.165) is 30.9 Å². The van der Waals surface area contributed by atoms with Gasteiger partial charge >= 0.3 is 0 Å². The Hall–Kier alpha value is -1.60. The third-order valence-electron chi connectivity index (χ3n) is 3.24. The van der Waals surface area contributed by atoms with Crippen molar-refractivity contribution in [3.05, 3.63) is 23.4 Å². The highest BCUT2D eigenvalue weighted by molar-refractivity contribution is 5.57. The molecule has 0 spiro atoms. The number of pyridine rings is 1. The number of rotatable bonds is 1. The van der Waals surface area contributed by atoms with E-state index in [1.54, 1.807) is 6.20 Å². The minimum Gasteiger partial charge on any atom is -0.354 e. The maximum Gasteiger partial charge on any atom is 0.146 e. The second kappa shape index (κ2) is 4.72. The summed E-state index contributed by atoms with van der Waals surface area (Å²) in [5, 5.41) is 9.21. The second-order valence-corrected chi connectivity index (χ2v) is 4.94. The van der Waals surface area contributed by atoms with Gasteiger partial charge in [-0.25, -0.2) is 4.98 Å². The van der Waals surface area contributed by atoms with E-state index >= 15 is 0 Å². The minimum absolute atomic E-state index is 0.174. The normalized spacial score (nSPS) is 24.5. The number of nitrogens with zero attached hydrogens (tertiary/aromatic N) is 3. The summed E-state index contributed by atoms with van der Waals surface area (Å²) in [5.74, 6) is 1.34. The molecule has 0 aromatic carbocycles. The summed E-state index contributed by atoms with van der Waals surface area (Å²) in [6, 6.07) is 4.29. The molecule has 17 heavy (non-hydrogen) atoms. The standard InChI is InChI=1S/C13H18N4/c1-9-5-11(15)8-17(7-9)13-12(6-14)10(2)3-4-16-13/h3-4,9,11H,5,7-8,15H2,1-2H3. The Balaban J connectivity index is 2.34. The molecule has 1 fully saturated rings. The van der Waals surface area contributed by atoms with Gasteiger partial charge in [-0.2, -0.15) is 5.26 Å². The molecule has 2 heterocycles. The fraction of sp³-hybridized carbons (Fsp3) is 0.538. The van der Waals surface area contributed by atoms with Gasteiger partial charge in [0.15, 0.2) is 0 Å². The van der Waals surface area contributed by atoms with Gasteiger partial charge in [0.25, 0.3) is 0 Å². The van der Waals surface area contributed by atoms with Crippen LogP contribution < -0.4 is 10.6 Å². The maximum absolute atomic E-state index is 9.21. The predicted octanol–water partition coefficient (Wildman–Crippen LogP) is 1.44. The van der Waals surface area contributed by atoms with E-state index in [1.165, 1.54) is 0 Å². The van der Waals surface area contributed by atoms with E-state index in [9.17, 15) is 5.26 Å². The molecule has 1 aromatic rings. The molecule has 0 radical (unpaired) electrons. The third-order valence-corrected chi connectivity index (χ3v) is 3.24. The number of hydrogen-bond donors (Lipinski definition) is 1. The molecule has 2 N–H and O–H groups in total. The van der Waals surface area contributed by atoms with Gasteiger partial charge in [0.1, 0.15) is 11.9 Å². The van der Waals surface area contributed by atoms with Crippen LogP contribution >= 0.6 is 0 Å². The Morgan fingerprint density at radius 1 is 1.53 bits per heavy atom. The molecule has 0 amide bonds. The molecule has 1 saturated heterocycles. The van der Waals surface area contributed by atoms with Crippen molar-refractivity contribution in [1.29, 1.82) is 5.26 Å². The summed E-state index contributed by atoms with van der Waals surface area (Å²) >= 11 is 0. The van der Waals surface area contributed by atoms with Crippen molar-refractivity contribution in [2.75, 3.05) is 18.0 Å². The molecule has 2 rings (SSSR count). The molecule has 4 heteroatoms.